The minimum Gasteiger partial charge on any atom is -0.350 e. The second-order valence-electron chi connectivity index (χ2n) is 7.58. The largest absolute Gasteiger partial charge is 0.350 e. The SMILES string of the molecule is C#CCC1C(=O)N(C)c2cnc(NCc3ccc(C(=O)c4ccccc4)cc3)nc2N1C. The Morgan fingerprint density at radius 3 is 2.47 bits per heavy atom. The second-order valence-corrected chi connectivity index (χ2v) is 7.58. The van der Waals surface area contributed by atoms with E-state index >= 15 is 0 Å². The zero-order valence-corrected chi connectivity index (χ0v) is 17.9. The van der Waals surface area contributed by atoms with Crippen molar-refractivity contribution in [3.05, 3.63) is 77.5 Å². The number of nitrogens with one attached hydrogen (secondary N) is 1. The van der Waals surface area contributed by atoms with Crippen molar-refractivity contribution < 1.29 is 9.59 Å². The molecule has 1 aliphatic heterocycles. The van der Waals surface area contributed by atoms with Gasteiger partial charge in [-0.25, -0.2) is 4.98 Å². The second kappa shape index (κ2) is 8.90. The summed E-state index contributed by atoms with van der Waals surface area (Å²) in [4.78, 5) is 37.4. The number of ketones is 1. The van der Waals surface area contributed by atoms with Crippen LogP contribution in [0.15, 0.2) is 60.8 Å². The topological polar surface area (TPSA) is 78.4 Å². The summed E-state index contributed by atoms with van der Waals surface area (Å²) >= 11 is 0. The number of hydrogen-bond acceptors (Lipinski definition) is 6. The Hall–Kier alpha value is -4.18. The van der Waals surface area contributed by atoms with Crippen LogP contribution in [0.2, 0.25) is 0 Å². The van der Waals surface area contributed by atoms with Gasteiger partial charge in [0.15, 0.2) is 11.6 Å². The minimum absolute atomic E-state index is 0.00800. The van der Waals surface area contributed by atoms with E-state index in [9.17, 15) is 9.59 Å². The summed E-state index contributed by atoms with van der Waals surface area (Å²) in [6, 6.07) is 16.2. The number of aromatic nitrogens is 2. The van der Waals surface area contributed by atoms with Crippen molar-refractivity contribution in [2.45, 2.75) is 19.0 Å². The summed E-state index contributed by atoms with van der Waals surface area (Å²) < 4.78 is 0. The van der Waals surface area contributed by atoms with Crippen LogP contribution in [0.1, 0.15) is 27.9 Å². The smallest absolute Gasteiger partial charge is 0.250 e. The van der Waals surface area contributed by atoms with Crippen LogP contribution in [0, 0.1) is 12.3 Å². The molecular formula is C25H23N5O2. The van der Waals surface area contributed by atoms with Crippen LogP contribution >= 0.6 is 0 Å². The minimum atomic E-state index is -0.449. The van der Waals surface area contributed by atoms with Gasteiger partial charge in [0.05, 0.1) is 6.20 Å². The van der Waals surface area contributed by atoms with E-state index in [0.29, 0.717) is 41.5 Å². The Labute approximate surface area is 187 Å². The lowest BCUT2D eigenvalue weighted by molar-refractivity contribution is -0.119. The van der Waals surface area contributed by atoms with Crippen molar-refractivity contribution in [2.75, 3.05) is 29.2 Å². The number of terminal acetylenes is 1. The number of hydrogen-bond donors (Lipinski definition) is 1. The van der Waals surface area contributed by atoms with Crippen LogP contribution < -0.4 is 15.1 Å². The molecule has 0 saturated heterocycles. The van der Waals surface area contributed by atoms with E-state index in [1.807, 2.05) is 49.5 Å². The number of nitrogens with zero attached hydrogens (tertiary/aromatic N) is 4. The van der Waals surface area contributed by atoms with Crippen molar-refractivity contribution in [3.8, 4) is 12.3 Å². The highest BCUT2D eigenvalue weighted by atomic mass is 16.2. The first-order chi connectivity index (χ1) is 15.5. The van der Waals surface area contributed by atoms with Gasteiger partial charge in [0.2, 0.25) is 5.95 Å². The van der Waals surface area contributed by atoms with Crippen molar-refractivity contribution in [2.24, 2.45) is 0 Å². The standard InChI is InChI=1S/C25H23N5O2/c1-4-8-20-24(32)30(3)21-16-27-25(28-23(21)29(20)2)26-15-17-11-13-19(14-12-17)22(31)18-9-6-5-7-10-18/h1,5-7,9-14,16,20H,8,15H2,2-3H3,(H,26,27,28). The van der Waals surface area contributed by atoms with E-state index < -0.39 is 6.04 Å². The van der Waals surface area contributed by atoms with E-state index in [2.05, 4.69) is 21.2 Å². The summed E-state index contributed by atoms with van der Waals surface area (Å²) in [6.45, 7) is 0.491. The van der Waals surface area contributed by atoms with Crippen LogP contribution in [0.5, 0.6) is 0 Å². The molecule has 0 radical (unpaired) electrons. The van der Waals surface area contributed by atoms with Crippen molar-refractivity contribution in [3.63, 3.8) is 0 Å². The molecule has 1 amide bonds. The predicted molar refractivity (Wildman–Crippen MR) is 125 cm³/mol. The number of likely N-dealkylation sites (N-methyl/N-ethyl adjacent to an activating group) is 2. The van der Waals surface area contributed by atoms with E-state index in [4.69, 9.17) is 6.42 Å². The molecule has 1 aromatic heterocycles. The summed E-state index contributed by atoms with van der Waals surface area (Å²) in [5.74, 6) is 3.57. The molecule has 0 bridgehead atoms. The van der Waals surface area contributed by atoms with E-state index in [1.54, 1.807) is 35.2 Å². The van der Waals surface area contributed by atoms with Crippen molar-refractivity contribution >= 4 is 29.1 Å². The van der Waals surface area contributed by atoms with Crippen molar-refractivity contribution in [1.82, 2.24) is 9.97 Å². The van der Waals surface area contributed by atoms with E-state index in [-0.39, 0.29) is 11.7 Å². The van der Waals surface area contributed by atoms with Gasteiger partial charge in [-0.05, 0) is 5.56 Å². The maximum absolute atomic E-state index is 12.5. The molecule has 2 heterocycles. The lowest BCUT2D eigenvalue weighted by Crippen LogP contribution is -2.51. The molecule has 0 aliphatic carbocycles. The molecule has 1 unspecified atom stereocenters. The summed E-state index contributed by atoms with van der Waals surface area (Å²) in [6.07, 6.45) is 7.38. The molecule has 0 saturated carbocycles. The summed E-state index contributed by atoms with van der Waals surface area (Å²) in [5, 5.41) is 3.21. The monoisotopic (exact) mass is 425 g/mol. The first-order valence-electron chi connectivity index (χ1n) is 10.2. The fourth-order valence-electron chi connectivity index (χ4n) is 3.65. The van der Waals surface area contributed by atoms with Gasteiger partial charge in [0.1, 0.15) is 11.7 Å². The van der Waals surface area contributed by atoms with Crippen LogP contribution in [-0.2, 0) is 11.3 Å². The van der Waals surface area contributed by atoms with Gasteiger partial charge in [-0.3, -0.25) is 9.59 Å². The van der Waals surface area contributed by atoms with E-state index in [0.717, 1.165) is 5.56 Å². The molecular weight excluding hydrogens is 402 g/mol. The fourth-order valence-corrected chi connectivity index (χ4v) is 3.65. The highest BCUT2D eigenvalue weighted by Gasteiger charge is 2.35. The molecule has 32 heavy (non-hydrogen) atoms. The third kappa shape index (κ3) is 4.03. The number of fused-ring (bicyclic) bond motifs is 1. The normalized spacial score (nSPS) is 15.2. The Kier molecular flexibility index (Phi) is 5.86. The Balaban J connectivity index is 1.46. The predicted octanol–water partition coefficient (Wildman–Crippen LogP) is 3.12. The van der Waals surface area contributed by atoms with Gasteiger partial charge in [0.25, 0.3) is 5.91 Å². The average molecular weight is 425 g/mol. The fraction of sp³-hybridized carbons (Fsp3) is 0.200. The van der Waals surface area contributed by atoms with E-state index in [1.165, 1.54) is 0 Å². The number of benzene rings is 2. The van der Waals surface area contributed by atoms with Crippen molar-refractivity contribution in [1.29, 1.82) is 0 Å². The third-order valence-corrected chi connectivity index (χ3v) is 5.54. The van der Waals surface area contributed by atoms with Gasteiger partial charge in [-0.1, -0.05) is 54.6 Å². The molecule has 1 atom stereocenters. The Morgan fingerprint density at radius 2 is 1.78 bits per heavy atom. The molecule has 4 rings (SSSR count). The lowest BCUT2D eigenvalue weighted by Gasteiger charge is -2.37. The first kappa shape index (κ1) is 21.1. The number of carbonyl (C=O) groups excluding carboxylic acids is 2. The zero-order valence-electron chi connectivity index (χ0n) is 17.9. The zero-order chi connectivity index (χ0) is 22.7. The maximum atomic E-state index is 12.5. The highest BCUT2D eigenvalue weighted by Crippen LogP contribution is 2.33. The van der Waals surface area contributed by atoms with Gasteiger partial charge < -0.3 is 15.1 Å². The van der Waals surface area contributed by atoms with Crippen LogP contribution in [-0.4, -0.2) is 41.8 Å². The molecule has 7 heteroatoms. The van der Waals surface area contributed by atoms with Crippen LogP contribution in [0.4, 0.5) is 17.5 Å². The molecule has 2 aromatic carbocycles. The molecule has 1 aliphatic rings. The average Bonchev–Trinajstić information content (AvgIpc) is 2.84. The summed E-state index contributed by atoms with van der Waals surface area (Å²) in [5.41, 5.74) is 2.93. The lowest BCUT2D eigenvalue weighted by atomic mass is 10.0. The molecule has 3 aromatic rings. The van der Waals surface area contributed by atoms with Gasteiger partial charge in [-0.2, -0.15) is 4.98 Å². The number of amides is 1. The number of anilines is 3. The highest BCUT2D eigenvalue weighted by molar-refractivity contribution is 6.09. The summed E-state index contributed by atoms with van der Waals surface area (Å²) in [7, 11) is 3.51. The van der Waals surface area contributed by atoms with Crippen LogP contribution in [0.3, 0.4) is 0 Å². The van der Waals surface area contributed by atoms with Gasteiger partial charge in [0, 0.05) is 38.2 Å². The van der Waals surface area contributed by atoms with Crippen LogP contribution in [0.25, 0.3) is 0 Å². The first-order valence-corrected chi connectivity index (χ1v) is 10.2. The maximum Gasteiger partial charge on any atom is 0.250 e. The number of rotatable bonds is 6. The third-order valence-electron chi connectivity index (χ3n) is 5.54. The molecule has 0 spiro atoms. The molecule has 0 fully saturated rings. The molecule has 7 nitrogen and oxygen atoms in total. The van der Waals surface area contributed by atoms with Gasteiger partial charge in [-0.15, -0.1) is 12.3 Å². The quantitative estimate of drug-likeness (QED) is 0.483. The number of carbonyl (C=O) groups is 2. The molecule has 1 N–H and O–H groups in total. The van der Waals surface area contributed by atoms with Gasteiger partial charge >= 0.3 is 0 Å². The molecule has 160 valence electrons. The Morgan fingerprint density at radius 1 is 1.09 bits per heavy atom. The Bertz CT molecular complexity index is 1190.